The molecule has 3 heterocycles. The Balaban J connectivity index is 0.975. The van der Waals surface area contributed by atoms with E-state index in [4.69, 9.17) is 15.0 Å². The average Bonchev–Trinajstić information content (AvgIpc) is 3.83. The van der Waals surface area contributed by atoms with Gasteiger partial charge in [-0.15, -0.1) is 11.3 Å². The van der Waals surface area contributed by atoms with Gasteiger partial charge >= 0.3 is 0 Å². The van der Waals surface area contributed by atoms with Gasteiger partial charge in [-0.3, -0.25) is 0 Å². The number of para-hydroxylation sites is 1. The lowest BCUT2D eigenvalue weighted by atomic mass is 10.0. The number of hydrogen-bond acceptors (Lipinski definition) is 4. The molecule has 0 aliphatic carbocycles. The number of hydrogen-bond donors (Lipinski definition) is 0. The van der Waals surface area contributed by atoms with Crippen LogP contribution in [-0.2, 0) is 0 Å². The van der Waals surface area contributed by atoms with Gasteiger partial charge in [-0.05, 0) is 64.7 Å². The van der Waals surface area contributed by atoms with E-state index in [0.29, 0.717) is 17.5 Å². The zero-order chi connectivity index (χ0) is 37.0. The molecule has 0 N–H and O–H groups in total. The summed E-state index contributed by atoms with van der Waals surface area (Å²) in [7, 11) is 0. The number of fused-ring (bicyclic) bond motifs is 6. The fourth-order valence-corrected chi connectivity index (χ4v) is 9.21. The summed E-state index contributed by atoms with van der Waals surface area (Å²) in [5, 5.41) is 5.13. The van der Waals surface area contributed by atoms with Crippen molar-refractivity contribution >= 4 is 53.3 Å². The molecule has 0 unspecified atom stereocenters. The molecule has 0 aliphatic heterocycles. The Morgan fingerprint density at radius 3 is 1.64 bits per heavy atom. The van der Waals surface area contributed by atoms with Crippen LogP contribution < -0.4 is 0 Å². The van der Waals surface area contributed by atoms with Gasteiger partial charge in [-0.25, -0.2) is 15.0 Å². The number of benzene rings is 8. The van der Waals surface area contributed by atoms with E-state index in [-0.39, 0.29) is 0 Å². The van der Waals surface area contributed by atoms with Crippen LogP contribution in [-0.4, -0.2) is 19.5 Å². The van der Waals surface area contributed by atoms with Crippen molar-refractivity contribution < 1.29 is 0 Å². The predicted octanol–water partition coefficient (Wildman–Crippen LogP) is 13.7. The van der Waals surface area contributed by atoms with Crippen LogP contribution in [0.25, 0.3) is 104 Å². The summed E-state index contributed by atoms with van der Waals surface area (Å²) in [6.07, 6.45) is 0. The number of aromatic nitrogens is 4. The zero-order valence-electron chi connectivity index (χ0n) is 30.2. The highest BCUT2D eigenvalue weighted by Gasteiger charge is 2.17. The molecule has 0 fully saturated rings. The van der Waals surface area contributed by atoms with Crippen molar-refractivity contribution in [2.24, 2.45) is 0 Å². The Morgan fingerprint density at radius 2 is 0.893 bits per heavy atom. The molecule has 5 heteroatoms. The second kappa shape index (κ2) is 13.3. The largest absolute Gasteiger partial charge is 0.309 e. The van der Waals surface area contributed by atoms with E-state index in [1.54, 1.807) is 0 Å². The summed E-state index contributed by atoms with van der Waals surface area (Å²) in [5.41, 5.74) is 11.1. The van der Waals surface area contributed by atoms with Crippen molar-refractivity contribution in [2.75, 3.05) is 0 Å². The van der Waals surface area contributed by atoms with E-state index in [1.165, 1.54) is 53.1 Å². The molecule has 0 amide bonds. The van der Waals surface area contributed by atoms with Gasteiger partial charge in [0.2, 0.25) is 0 Å². The number of rotatable bonds is 6. The van der Waals surface area contributed by atoms with E-state index in [9.17, 15) is 0 Å². The number of thiophene rings is 1. The maximum Gasteiger partial charge on any atom is 0.164 e. The van der Waals surface area contributed by atoms with Gasteiger partial charge in [0.1, 0.15) is 0 Å². The quantitative estimate of drug-likeness (QED) is 0.171. The Bertz CT molecular complexity index is 3180. The van der Waals surface area contributed by atoms with Crippen molar-refractivity contribution in [1.29, 1.82) is 0 Å². The SMILES string of the molecule is c1ccc(-c2nc(-c3ccccc3)nc(-c3cccc(-c4ccc(-n5c6ccccc6c6cc(-c7cccc8c7sc7ccccc78)ccc65)cc4)c3)n2)cc1. The Morgan fingerprint density at radius 1 is 0.339 bits per heavy atom. The van der Waals surface area contributed by atoms with Crippen LogP contribution in [0.5, 0.6) is 0 Å². The van der Waals surface area contributed by atoms with Gasteiger partial charge < -0.3 is 4.57 Å². The smallest absolute Gasteiger partial charge is 0.164 e. The third-order valence-corrected chi connectivity index (χ3v) is 11.9. The fourth-order valence-electron chi connectivity index (χ4n) is 7.97. The van der Waals surface area contributed by atoms with Crippen LogP contribution in [0.1, 0.15) is 0 Å². The number of nitrogens with zero attached hydrogens (tertiary/aromatic N) is 4. The second-order valence-electron chi connectivity index (χ2n) is 14.0. The Labute approximate surface area is 327 Å². The molecule has 4 nitrogen and oxygen atoms in total. The van der Waals surface area contributed by atoms with Crippen molar-refractivity contribution in [3.05, 3.63) is 194 Å². The third kappa shape index (κ3) is 5.48. The molecule has 3 aromatic heterocycles. The molecule has 0 spiro atoms. The van der Waals surface area contributed by atoms with Gasteiger partial charge in [-0.1, -0.05) is 152 Å². The third-order valence-electron chi connectivity index (χ3n) is 10.7. The van der Waals surface area contributed by atoms with Crippen LogP contribution in [0.15, 0.2) is 194 Å². The highest BCUT2D eigenvalue weighted by Crippen LogP contribution is 2.42. The highest BCUT2D eigenvalue weighted by atomic mass is 32.1. The zero-order valence-corrected chi connectivity index (χ0v) is 31.0. The molecule has 56 heavy (non-hydrogen) atoms. The normalized spacial score (nSPS) is 11.6. The van der Waals surface area contributed by atoms with Gasteiger partial charge in [0, 0.05) is 53.3 Å². The highest BCUT2D eigenvalue weighted by molar-refractivity contribution is 7.26. The average molecular weight is 733 g/mol. The molecule has 0 radical (unpaired) electrons. The second-order valence-corrected chi connectivity index (χ2v) is 15.1. The predicted molar refractivity (Wildman–Crippen MR) is 234 cm³/mol. The van der Waals surface area contributed by atoms with E-state index in [1.807, 2.05) is 72.0 Å². The van der Waals surface area contributed by atoms with Crippen LogP contribution in [0.4, 0.5) is 0 Å². The summed E-state index contributed by atoms with van der Waals surface area (Å²) >= 11 is 1.88. The standard InChI is InChI=1S/C51H32N4S/c1-3-13-34(14-4-1)49-52-50(35-15-5-2-6-16-35)54-51(53-49)38-18-11-17-36(31-38)33-25-28-39(29-26-33)55-45-23-9-7-19-41(45)44-32-37(27-30-46(44)55)40-21-12-22-43-42-20-8-10-24-47(42)56-48(40)43/h1-32H. The van der Waals surface area contributed by atoms with Gasteiger partial charge in [0.05, 0.1) is 11.0 Å². The summed E-state index contributed by atoms with van der Waals surface area (Å²) in [4.78, 5) is 14.8. The first kappa shape index (κ1) is 32.2. The van der Waals surface area contributed by atoms with Crippen molar-refractivity contribution in [1.82, 2.24) is 19.5 Å². The minimum atomic E-state index is 0.643. The lowest BCUT2D eigenvalue weighted by Gasteiger charge is -2.11. The van der Waals surface area contributed by atoms with E-state index in [2.05, 4.69) is 138 Å². The Kier molecular flexibility index (Phi) is 7.64. The van der Waals surface area contributed by atoms with Crippen LogP contribution in [0.3, 0.4) is 0 Å². The molecule has 0 bridgehead atoms. The van der Waals surface area contributed by atoms with Crippen LogP contribution in [0.2, 0.25) is 0 Å². The van der Waals surface area contributed by atoms with Crippen molar-refractivity contribution in [3.63, 3.8) is 0 Å². The minimum Gasteiger partial charge on any atom is -0.309 e. The summed E-state index contributed by atoms with van der Waals surface area (Å²) in [5.74, 6) is 1.95. The minimum absolute atomic E-state index is 0.643. The fraction of sp³-hybridized carbons (Fsp3) is 0. The van der Waals surface area contributed by atoms with Crippen molar-refractivity contribution in [2.45, 2.75) is 0 Å². The maximum absolute atomic E-state index is 4.97. The molecule has 0 saturated carbocycles. The van der Waals surface area contributed by atoms with E-state index in [0.717, 1.165) is 33.5 Å². The summed E-state index contributed by atoms with van der Waals surface area (Å²) in [6, 6.07) is 68.6. The first-order valence-electron chi connectivity index (χ1n) is 18.8. The molecule has 0 saturated heterocycles. The van der Waals surface area contributed by atoms with E-state index >= 15 is 0 Å². The summed E-state index contributed by atoms with van der Waals surface area (Å²) in [6.45, 7) is 0. The van der Waals surface area contributed by atoms with Gasteiger partial charge in [-0.2, -0.15) is 0 Å². The topological polar surface area (TPSA) is 43.6 Å². The molecular formula is C51H32N4S. The monoisotopic (exact) mass is 732 g/mol. The molecule has 11 rings (SSSR count). The van der Waals surface area contributed by atoms with Crippen LogP contribution in [0, 0.1) is 0 Å². The lowest BCUT2D eigenvalue weighted by molar-refractivity contribution is 1.07. The first-order chi connectivity index (χ1) is 27.7. The van der Waals surface area contributed by atoms with E-state index < -0.39 is 0 Å². The van der Waals surface area contributed by atoms with Gasteiger partial charge in [0.25, 0.3) is 0 Å². The molecular weight excluding hydrogens is 701 g/mol. The maximum atomic E-state index is 4.97. The first-order valence-corrected chi connectivity index (χ1v) is 19.6. The summed E-state index contributed by atoms with van der Waals surface area (Å²) < 4.78 is 5.04. The van der Waals surface area contributed by atoms with Gasteiger partial charge in [0.15, 0.2) is 17.5 Å². The van der Waals surface area contributed by atoms with Crippen LogP contribution >= 0.6 is 11.3 Å². The Hall–Kier alpha value is -7.21. The van der Waals surface area contributed by atoms with Crippen molar-refractivity contribution in [3.8, 4) is 62.1 Å². The lowest BCUT2D eigenvalue weighted by Crippen LogP contribution is -2.00. The molecule has 8 aromatic carbocycles. The molecule has 0 aliphatic rings. The molecule has 262 valence electrons. The molecule has 11 aromatic rings. The molecule has 0 atom stereocenters.